The van der Waals surface area contributed by atoms with Gasteiger partial charge in [0.25, 0.3) is 0 Å². The van der Waals surface area contributed by atoms with Crippen LogP contribution in [-0.2, 0) is 28.7 Å². The summed E-state index contributed by atoms with van der Waals surface area (Å²) in [4.78, 5) is 48.5. The molecule has 0 aliphatic heterocycles. The summed E-state index contributed by atoms with van der Waals surface area (Å²) in [5.74, 6) is -2.59. The van der Waals surface area contributed by atoms with E-state index >= 15 is 0 Å². The molecule has 1 aliphatic carbocycles. The number of carbonyl (C=O) groups is 4. The fourth-order valence-electron chi connectivity index (χ4n) is 5.76. The average molecular weight is 635 g/mol. The second-order valence-corrected chi connectivity index (χ2v) is 12.4. The fourth-order valence-corrected chi connectivity index (χ4v) is 5.76. The van der Waals surface area contributed by atoms with Crippen LogP contribution in [0.25, 0.3) is 0 Å². The smallest absolute Gasteiger partial charge is 0.331 e. The standard InChI is InChI=1S/C36H62N2O7/c1-5-8-9-10-11-12-13-14-15-16-17-18-19-20-21-22-25-44-34(41)24-23-33(40)38-35-31(37-28(4)39)26-29(36(42)43)27-32(35)45-30(6-2)7-3/h23-24,27,30-32,35H,5-22,25-26H2,1-4H3,(H,37,39)(H,38,40)(H,42,43)/b24-23+/t31-,32+,35+/m0/s1. The zero-order chi connectivity index (χ0) is 33.3. The van der Waals surface area contributed by atoms with E-state index in [1.165, 1.54) is 96.5 Å². The van der Waals surface area contributed by atoms with Crippen molar-refractivity contribution >= 4 is 23.8 Å². The number of aliphatic carboxylic acids is 1. The number of hydrogen-bond acceptors (Lipinski definition) is 6. The minimum Gasteiger partial charge on any atom is -0.478 e. The molecule has 0 aromatic carbocycles. The van der Waals surface area contributed by atoms with E-state index in [9.17, 15) is 24.3 Å². The molecule has 0 spiro atoms. The highest BCUT2D eigenvalue weighted by Gasteiger charge is 2.38. The fraction of sp³-hybridized carbons (Fsp3) is 0.778. The normalized spacial score (nSPS) is 18.2. The Bertz CT molecular complexity index is 913. The number of hydrogen-bond donors (Lipinski definition) is 3. The Balaban J connectivity index is 2.33. The van der Waals surface area contributed by atoms with Crippen molar-refractivity contribution in [3.63, 3.8) is 0 Å². The summed E-state index contributed by atoms with van der Waals surface area (Å²) in [6.07, 6.45) is 24.6. The van der Waals surface area contributed by atoms with E-state index in [0.717, 1.165) is 31.4 Å². The van der Waals surface area contributed by atoms with Gasteiger partial charge in [0.1, 0.15) is 0 Å². The summed E-state index contributed by atoms with van der Waals surface area (Å²) < 4.78 is 11.4. The lowest BCUT2D eigenvalue weighted by Crippen LogP contribution is -2.59. The van der Waals surface area contributed by atoms with Crippen LogP contribution in [0.2, 0.25) is 0 Å². The predicted molar refractivity (Wildman–Crippen MR) is 179 cm³/mol. The van der Waals surface area contributed by atoms with E-state index in [-0.39, 0.29) is 24.0 Å². The van der Waals surface area contributed by atoms with Crippen LogP contribution in [0.4, 0.5) is 0 Å². The Morgan fingerprint density at radius 3 is 1.78 bits per heavy atom. The first-order valence-electron chi connectivity index (χ1n) is 17.7. The molecule has 1 aliphatic rings. The third kappa shape index (κ3) is 19.4. The van der Waals surface area contributed by atoms with Gasteiger partial charge in [-0.3, -0.25) is 9.59 Å². The number of unbranched alkanes of at least 4 members (excludes halogenated alkanes) is 15. The summed E-state index contributed by atoms with van der Waals surface area (Å²) in [6, 6.07) is -1.40. The SMILES string of the molecule is CCCCCCCCCCCCCCCCCCOC(=O)/C=C/C(=O)N[C@@H]1[C@@H](NC(C)=O)CC(C(=O)O)=C[C@H]1OC(CC)CC. The summed E-state index contributed by atoms with van der Waals surface area (Å²) in [5.41, 5.74) is 0.114. The Labute approximate surface area is 272 Å². The molecule has 45 heavy (non-hydrogen) atoms. The average Bonchev–Trinajstić information content (AvgIpc) is 3.01. The van der Waals surface area contributed by atoms with Crippen molar-refractivity contribution in [1.29, 1.82) is 0 Å². The molecule has 9 heteroatoms. The lowest BCUT2D eigenvalue weighted by Gasteiger charge is -2.38. The van der Waals surface area contributed by atoms with Gasteiger partial charge in [0.05, 0.1) is 30.9 Å². The molecular weight excluding hydrogens is 572 g/mol. The van der Waals surface area contributed by atoms with Gasteiger partial charge < -0.3 is 25.2 Å². The number of amides is 2. The number of ether oxygens (including phenoxy) is 2. The van der Waals surface area contributed by atoms with Gasteiger partial charge in [-0.1, -0.05) is 117 Å². The minimum absolute atomic E-state index is 0.0354. The molecule has 1 rings (SSSR count). The predicted octanol–water partition coefficient (Wildman–Crippen LogP) is 7.33. The van der Waals surface area contributed by atoms with E-state index < -0.39 is 36.0 Å². The third-order valence-electron chi connectivity index (χ3n) is 8.44. The first-order chi connectivity index (χ1) is 21.7. The summed E-state index contributed by atoms with van der Waals surface area (Å²) >= 11 is 0. The molecule has 0 saturated carbocycles. The van der Waals surface area contributed by atoms with Gasteiger partial charge in [-0.15, -0.1) is 0 Å². The monoisotopic (exact) mass is 634 g/mol. The molecule has 0 heterocycles. The Morgan fingerprint density at radius 1 is 0.800 bits per heavy atom. The van der Waals surface area contributed by atoms with Crippen LogP contribution in [0.3, 0.4) is 0 Å². The van der Waals surface area contributed by atoms with Crippen molar-refractivity contribution in [1.82, 2.24) is 10.6 Å². The van der Waals surface area contributed by atoms with Crippen LogP contribution in [0.15, 0.2) is 23.8 Å². The Kier molecular flexibility index (Phi) is 22.9. The van der Waals surface area contributed by atoms with E-state index in [0.29, 0.717) is 19.4 Å². The summed E-state index contributed by atoms with van der Waals surface area (Å²) in [7, 11) is 0. The van der Waals surface area contributed by atoms with Gasteiger partial charge in [0, 0.05) is 31.1 Å². The van der Waals surface area contributed by atoms with Gasteiger partial charge in [0.2, 0.25) is 11.8 Å². The molecule has 3 N–H and O–H groups in total. The van der Waals surface area contributed by atoms with E-state index in [1.54, 1.807) is 0 Å². The maximum atomic E-state index is 12.8. The maximum absolute atomic E-state index is 12.8. The van der Waals surface area contributed by atoms with Crippen LogP contribution in [0, 0.1) is 0 Å². The summed E-state index contributed by atoms with van der Waals surface area (Å²) in [6.45, 7) is 7.84. The molecule has 0 saturated heterocycles. The van der Waals surface area contributed by atoms with E-state index in [2.05, 4.69) is 17.6 Å². The number of esters is 1. The lowest BCUT2D eigenvalue weighted by molar-refractivity contribution is -0.138. The van der Waals surface area contributed by atoms with Crippen LogP contribution in [-0.4, -0.2) is 59.8 Å². The quantitative estimate of drug-likeness (QED) is 0.0516. The molecule has 0 bridgehead atoms. The summed E-state index contributed by atoms with van der Waals surface area (Å²) in [5, 5.41) is 15.2. The maximum Gasteiger partial charge on any atom is 0.331 e. The molecular formula is C36H62N2O7. The van der Waals surface area contributed by atoms with Gasteiger partial charge in [-0.25, -0.2) is 9.59 Å². The van der Waals surface area contributed by atoms with Gasteiger partial charge in [-0.05, 0) is 25.3 Å². The number of nitrogens with one attached hydrogen (secondary N) is 2. The molecule has 0 aromatic rings. The van der Waals surface area contributed by atoms with Gasteiger partial charge in [0.15, 0.2) is 0 Å². The highest BCUT2D eigenvalue weighted by Crippen LogP contribution is 2.25. The van der Waals surface area contributed by atoms with Gasteiger partial charge in [-0.2, -0.15) is 0 Å². The Morgan fingerprint density at radius 2 is 1.31 bits per heavy atom. The van der Waals surface area contributed by atoms with Crippen molar-refractivity contribution in [2.45, 2.75) is 174 Å². The molecule has 0 fully saturated rings. The van der Waals surface area contributed by atoms with Crippen molar-refractivity contribution in [3.8, 4) is 0 Å². The second kappa shape index (κ2) is 25.5. The molecule has 9 nitrogen and oxygen atoms in total. The number of carbonyl (C=O) groups excluding carboxylic acids is 3. The molecule has 0 radical (unpaired) electrons. The first-order valence-corrected chi connectivity index (χ1v) is 17.7. The van der Waals surface area contributed by atoms with E-state index in [1.807, 2.05) is 13.8 Å². The van der Waals surface area contributed by atoms with Gasteiger partial charge >= 0.3 is 11.9 Å². The topological polar surface area (TPSA) is 131 Å². The van der Waals surface area contributed by atoms with Crippen molar-refractivity contribution in [2.75, 3.05) is 6.61 Å². The van der Waals surface area contributed by atoms with Crippen molar-refractivity contribution in [3.05, 3.63) is 23.8 Å². The zero-order valence-corrected chi connectivity index (χ0v) is 28.6. The lowest BCUT2D eigenvalue weighted by atomic mass is 9.87. The second-order valence-electron chi connectivity index (χ2n) is 12.4. The number of carboxylic acids is 1. The van der Waals surface area contributed by atoms with Crippen LogP contribution in [0.1, 0.15) is 150 Å². The van der Waals surface area contributed by atoms with E-state index in [4.69, 9.17) is 9.47 Å². The van der Waals surface area contributed by atoms with Crippen molar-refractivity contribution < 1.29 is 33.8 Å². The molecule has 3 atom stereocenters. The molecule has 0 unspecified atom stereocenters. The largest absolute Gasteiger partial charge is 0.478 e. The van der Waals surface area contributed by atoms with Crippen LogP contribution < -0.4 is 10.6 Å². The minimum atomic E-state index is -1.10. The zero-order valence-electron chi connectivity index (χ0n) is 28.6. The van der Waals surface area contributed by atoms with Crippen LogP contribution >= 0.6 is 0 Å². The van der Waals surface area contributed by atoms with Crippen LogP contribution in [0.5, 0.6) is 0 Å². The molecule has 258 valence electrons. The Hall–Kier alpha value is -2.68. The highest BCUT2D eigenvalue weighted by molar-refractivity contribution is 5.95. The highest BCUT2D eigenvalue weighted by atomic mass is 16.5. The first kappa shape index (κ1) is 40.3. The number of carboxylic acid groups (broad SMARTS) is 1. The third-order valence-corrected chi connectivity index (χ3v) is 8.44. The molecule has 0 aromatic heterocycles. The molecule has 2 amide bonds. The number of rotatable bonds is 26. The van der Waals surface area contributed by atoms with Crippen molar-refractivity contribution in [2.24, 2.45) is 0 Å².